The molecule has 0 amide bonds. The number of aromatic hydroxyl groups is 1. The maximum Gasteiger partial charge on any atom is 0.232 e. The van der Waals surface area contributed by atoms with E-state index in [1.807, 2.05) is 36.4 Å². The normalized spacial score (nSPS) is 14.4. The van der Waals surface area contributed by atoms with Gasteiger partial charge in [0.05, 0.1) is 25.1 Å². The van der Waals surface area contributed by atoms with Crippen molar-refractivity contribution in [2.24, 2.45) is 5.73 Å². The number of hydrogen-bond donors (Lipinski definition) is 3. The van der Waals surface area contributed by atoms with Gasteiger partial charge in [-0.2, -0.15) is 0 Å². The summed E-state index contributed by atoms with van der Waals surface area (Å²) in [7, 11) is -2.34. The van der Waals surface area contributed by atoms with Crippen molar-refractivity contribution >= 4 is 15.7 Å². The molecule has 2 atom stereocenters. The molecule has 7 nitrogen and oxygen atoms in total. The fourth-order valence-electron chi connectivity index (χ4n) is 3.72. The van der Waals surface area contributed by atoms with Crippen molar-refractivity contribution in [2.75, 3.05) is 17.7 Å². The topological polar surface area (TPSA) is 113 Å². The summed E-state index contributed by atoms with van der Waals surface area (Å²) in [6.45, 7) is 1.32. The summed E-state index contributed by atoms with van der Waals surface area (Å²) < 4.78 is 32.7. The van der Waals surface area contributed by atoms with Crippen molar-refractivity contribution in [2.45, 2.75) is 25.1 Å². The largest absolute Gasteiger partial charge is 0.505 e. The summed E-state index contributed by atoms with van der Waals surface area (Å²) in [4.78, 5) is 0. The lowest BCUT2D eigenvalue weighted by Gasteiger charge is -2.34. The number of para-hydroxylation sites is 1. The number of nitrogens with zero attached hydrogens (tertiary/aromatic N) is 1. The van der Waals surface area contributed by atoms with Gasteiger partial charge in [-0.15, -0.1) is 0 Å². The van der Waals surface area contributed by atoms with Crippen molar-refractivity contribution in [3.63, 3.8) is 0 Å². The fourth-order valence-corrected chi connectivity index (χ4v) is 4.88. The Bertz CT molecular complexity index is 1170. The van der Waals surface area contributed by atoms with Crippen molar-refractivity contribution in [1.82, 2.24) is 0 Å². The van der Waals surface area contributed by atoms with Crippen LogP contribution in [0.4, 0.5) is 5.69 Å². The van der Waals surface area contributed by atoms with E-state index in [1.54, 1.807) is 24.3 Å². The van der Waals surface area contributed by atoms with Crippen LogP contribution in [0.2, 0.25) is 0 Å². The molecular formula is C24H28N2O5S. The molecule has 8 heteroatoms. The van der Waals surface area contributed by atoms with Crippen molar-refractivity contribution < 1.29 is 23.4 Å². The van der Waals surface area contributed by atoms with Crippen LogP contribution in [-0.4, -0.2) is 32.0 Å². The average Bonchev–Trinajstić information content (AvgIpc) is 2.73. The van der Waals surface area contributed by atoms with Gasteiger partial charge in [-0.3, -0.25) is 10.0 Å². The van der Waals surface area contributed by atoms with Gasteiger partial charge in [-0.05, 0) is 42.7 Å². The number of rotatable bonds is 8. The molecule has 0 spiro atoms. The quantitative estimate of drug-likeness (QED) is 0.449. The predicted octanol–water partition coefficient (Wildman–Crippen LogP) is 3.27. The smallest absolute Gasteiger partial charge is 0.232 e. The number of hydrogen-bond acceptors (Lipinski definition) is 6. The number of aliphatic hydroxyl groups is 1. The Morgan fingerprint density at radius 2 is 1.72 bits per heavy atom. The van der Waals surface area contributed by atoms with Gasteiger partial charge in [0.1, 0.15) is 17.2 Å². The Morgan fingerprint density at radius 1 is 1.06 bits per heavy atom. The van der Waals surface area contributed by atoms with Gasteiger partial charge in [-0.1, -0.05) is 54.6 Å². The molecule has 0 fully saturated rings. The third-order valence-corrected chi connectivity index (χ3v) is 6.35. The van der Waals surface area contributed by atoms with Gasteiger partial charge in [0, 0.05) is 5.56 Å². The van der Waals surface area contributed by atoms with E-state index >= 15 is 0 Å². The van der Waals surface area contributed by atoms with Crippen LogP contribution >= 0.6 is 0 Å². The maximum atomic E-state index is 13.1. The highest BCUT2D eigenvalue weighted by molar-refractivity contribution is 7.92. The highest BCUT2D eigenvalue weighted by atomic mass is 32.2. The van der Waals surface area contributed by atoms with Gasteiger partial charge < -0.3 is 14.9 Å². The summed E-state index contributed by atoms with van der Waals surface area (Å²) >= 11 is 0. The monoisotopic (exact) mass is 456 g/mol. The second kappa shape index (κ2) is 9.20. The van der Waals surface area contributed by atoms with Crippen LogP contribution in [0.1, 0.15) is 29.7 Å². The van der Waals surface area contributed by atoms with E-state index in [4.69, 9.17) is 10.5 Å². The van der Waals surface area contributed by atoms with Crippen LogP contribution in [0.15, 0.2) is 72.8 Å². The summed E-state index contributed by atoms with van der Waals surface area (Å²) in [5, 5.41) is 21.2. The standard InChI is InChI=1S/C24H28N2O5S/c1-24(25,28)20-13-8-14-21(23(20)27)26(32(3,29)30)22(15-17-9-5-4-6-10-17)18-11-7-12-19(16-18)31-2/h4-14,16,22,27-28H,15,25H2,1-3H3. The summed E-state index contributed by atoms with van der Waals surface area (Å²) in [5.41, 5.74) is 5.59. The molecule has 170 valence electrons. The Kier molecular flexibility index (Phi) is 6.78. The Morgan fingerprint density at radius 3 is 2.31 bits per heavy atom. The molecule has 0 aromatic heterocycles. The van der Waals surface area contributed by atoms with Crippen LogP contribution < -0.4 is 14.8 Å². The van der Waals surface area contributed by atoms with Gasteiger partial charge in [0.2, 0.25) is 10.0 Å². The summed E-state index contributed by atoms with van der Waals surface area (Å²) in [5.74, 6) is 0.184. The van der Waals surface area contributed by atoms with Crippen LogP contribution in [0.5, 0.6) is 11.5 Å². The van der Waals surface area contributed by atoms with Gasteiger partial charge in [-0.25, -0.2) is 8.42 Å². The second-order valence-corrected chi connectivity index (χ2v) is 9.72. The minimum atomic E-state index is -3.88. The average molecular weight is 457 g/mol. The maximum absolute atomic E-state index is 13.1. The fraction of sp³-hybridized carbons (Fsp3) is 0.250. The molecule has 0 bridgehead atoms. The van der Waals surface area contributed by atoms with Crippen molar-refractivity contribution in [1.29, 1.82) is 0 Å². The highest BCUT2D eigenvalue weighted by Crippen LogP contribution is 2.41. The first-order valence-corrected chi connectivity index (χ1v) is 11.9. The highest BCUT2D eigenvalue weighted by Gasteiger charge is 2.33. The molecule has 0 aliphatic rings. The molecule has 0 saturated carbocycles. The van der Waals surface area contributed by atoms with Crippen LogP contribution in [0.3, 0.4) is 0 Å². The lowest BCUT2D eigenvalue weighted by molar-refractivity contribution is 0.0622. The number of phenolic OH excluding ortho intramolecular Hbond substituents is 1. The minimum absolute atomic E-state index is 0.0211. The number of sulfonamides is 1. The van der Waals surface area contributed by atoms with E-state index in [2.05, 4.69) is 0 Å². The van der Waals surface area contributed by atoms with E-state index in [1.165, 1.54) is 30.5 Å². The SMILES string of the molecule is COc1cccc(C(Cc2ccccc2)N(c2cccc(C(C)(N)O)c2O)S(C)(=O)=O)c1. The molecule has 0 aliphatic heterocycles. The molecule has 3 aromatic rings. The first-order chi connectivity index (χ1) is 15.0. The third kappa shape index (κ3) is 5.21. The minimum Gasteiger partial charge on any atom is -0.505 e. The molecule has 3 aromatic carbocycles. The molecule has 0 heterocycles. The lowest BCUT2D eigenvalue weighted by Crippen LogP contribution is -2.37. The van der Waals surface area contributed by atoms with E-state index in [0.29, 0.717) is 17.7 Å². The lowest BCUT2D eigenvalue weighted by atomic mass is 9.97. The van der Waals surface area contributed by atoms with E-state index < -0.39 is 27.5 Å². The van der Waals surface area contributed by atoms with Crippen molar-refractivity contribution in [3.05, 3.63) is 89.5 Å². The number of methoxy groups -OCH3 is 1. The molecule has 3 rings (SSSR count). The predicted molar refractivity (Wildman–Crippen MR) is 125 cm³/mol. The zero-order valence-corrected chi connectivity index (χ0v) is 19.1. The first-order valence-electron chi connectivity index (χ1n) is 10.0. The number of anilines is 1. The Labute approximate surface area is 188 Å². The summed E-state index contributed by atoms with van der Waals surface area (Å²) in [6.07, 6.45) is 1.42. The zero-order valence-electron chi connectivity index (χ0n) is 18.3. The van der Waals surface area contributed by atoms with Crippen LogP contribution in [0, 0.1) is 0 Å². The zero-order chi connectivity index (χ0) is 23.5. The molecule has 32 heavy (non-hydrogen) atoms. The van der Waals surface area contributed by atoms with Gasteiger partial charge in [0.15, 0.2) is 0 Å². The second-order valence-electron chi connectivity index (χ2n) is 7.86. The number of phenols is 1. The summed E-state index contributed by atoms with van der Waals surface area (Å²) in [6, 6.07) is 20.4. The molecule has 4 N–H and O–H groups in total. The van der Waals surface area contributed by atoms with Gasteiger partial charge >= 0.3 is 0 Å². The van der Waals surface area contributed by atoms with E-state index in [-0.39, 0.29) is 11.3 Å². The number of ether oxygens (including phenoxy) is 1. The molecule has 0 saturated heterocycles. The molecule has 0 aliphatic carbocycles. The third-order valence-electron chi connectivity index (χ3n) is 5.19. The van der Waals surface area contributed by atoms with Crippen LogP contribution in [-0.2, 0) is 22.2 Å². The molecule has 2 unspecified atom stereocenters. The Balaban J connectivity index is 2.25. The van der Waals surface area contributed by atoms with Crippen LogP contribution in [0.25, 0.3) is 0 Å². The number of nitrogens with two attached hydrogens (primary N) is 1. The van der Waals surface area contributed by atoms with E-state index in [0.717, 1.165) is 11.8 Å². The van der Waals surface area contributed by atoms with E-state index in [9.17, 15) is 18.6 Å². The first kappa shape index (κ1) is 23.6. The number of benzene rings is 3. The van der Waals surface area contributed by atoms with Crippen molar-refractivity contribution in [3.8, 4) is 11.5 Å². The Hall–Kier alpha value is -3.07. The molecule has 0 radical (unpaired) electrons. The molecular weight excluding hydrogens is 428 g/mol. The van der Waals surface area contributed by atoms with Gasteiger partial charge in [0.25, 0.3) is 0 Å².